The molecule has 0 unspecified atom stereocenters. The smallest absolute Gasteiger partial charge is 0.196 e. The van der Waals surface area contributed by atoms with E-state index in [2.05, 4.69) is 90.1 Å². The first kappa shape index (κ1) is 23.2. The first-order chi connectivity index (χ1) is 17.0. The van der Waals surface area contributed by atoms with E-state index in [1.54, 1.807) is 11.8 Å². The highest BCUT2D eigenvalue weighted by Gasteiger charge is 2.17. The quantitative estimate of drug-likeness (QED) is 0.225. The standard InChI is InChI=1S/C30H29N3OS/c1-30(2,3)24-18-16-22(17-19-24)21-35-29-32-31-28(33(29)25-12-5-4-6-13-25)20-34-27-15-9-11-23-10-7-8-14-26(23)27/h4-19H,20-21H2,1-3H3. The zero-order chi connectivity index (χ0) is 24.3. The second-order valence-corrected chi connectivity index (χ2v) is 10.5. The van der Waals surface area contributed by atoms with Gasteiger partial charge in [-0.15, -0.1) is 10.2 Å². The van der Waals surface area contributed by atoms with Crippen molar-refractivity contribution in [3.63, 3.8) is 0 Å². The number of hydrogen-bond donors (Lipinski definition) is 0. The molecule has 1 heterocycles. The summed E-state index contributed by atoms with van der Waals surface area (Å²) in [5.74, 6) is 2.44. The van der Waals surface area contributed by atoms with Gasteiger partial charge in [-0.3, -0.25) is 4.57 Å². The van der Waals surface area contributed by atoms with Crippen LogP contribution in [0.1, 0.15) is 37.7 Å². The minimum atomic E-state index is 0.151. The number of nitrogens with zero attached hydrogens (tertiary/aromatic N) is 3. The minimum Gasteiger partial charge on any atom is -0.485 e. The number of ether oxygens (including phenoxy) is 1. The molecule has 1 aromatic heterocycles. The van der Waals surface area contributed by atoms with E-state index >= 15 is 0 Å². The lowest BCUT2D eigenvalue weighted by atomic mass is 9.87. The van der Waals surface area contributed by atoms with Gasteiger partial charge in [0.25, 0.3) is 0 Å². The molecule has 4 aromatic carbocycles. The Bertz CT molecular complexity index is 1410. The van der Waals surface area contributed by atoms with E-state index in [0.717, 1.165) is 38.9 Å². The molecule has 5 aromatic rings. The Labute approximate surface area is 211 Å². The molecule has 4 nitrogen and oxygen atoms in total. The number of benzene rings is 4. The van der Waals surface area contributed by atoms with E-state index in [-0.39, 0.29) is 5.41 Å². The van der Waals surface area contributed by atoms with E-state index in [0.29, 0.717) is 6.61 Å². The Morgan fingerprint density at radius 3 is 2.26 bits per heavy atom. The molecule has 0 saturated heterocycles. The molecule has 0 atom stereocenters. The van der Waals surface area contributed by atoms with Gasteiger partial charge in [0, 0.05) is 16.8 Å². The number of thioether (sulfide) groups is 1. The van der Waals surface area contributed by atoms with Crippen LogP contribution in [0.25, 0.3) is 16.5 Å². The van der Waals surface area contributed by atoms with Gasteiger partial charge in [0.05, 0.1) is 0 Å². The van der Waals surface area contributed by atoms with Crippen LogP contribution in [0.4, 0.5) is 0 Å². The highest BCUT2D eigenvalue weighted by Crippen LogP contribution is 2.29. The van der Waals surface area contributed by atoms with Crippen molar-refractivity contribution in [3.05, 3.63) is 114 Å². The number of rotatable bonds is 7. The van der Waals surface area contributed by atoms with Gasteiger partial charge in [0.1, 0.15) is 12.4 Å². The molecule has 0 aliphatic heterocycles. The highest BCUT2D eigenvalue weighted by atomic mass is 32.2. The maximum absolute atomic E-state index is 6.26. The van der Waals surface area contributed by atoms with Crippen molar-refractivity contribution in [2.45, 2.75) is 43.7 Å². The summed E-state index contributed by atoms with van der Waals surface area (Å²) in [4.78, 5) is 0. The van der Waals surface area contributed by atoms with Crippen LogP contribution in [-0.4, -0.2) is 14.8 Å². The zero-order valence-corrected chi connectivity index (χ0v) is 21.1. The average Bonchev–Trinajstić information content (AvgIpc) is 3.29. The number of para-hydroxylation sites is 1. The predicted octanol–water partition coefficient (Wildman–Crippen LogP) is 7.59. The topological polar surface area (TPSA) is 39.9 Å². The maximum Gasteiger partial charge on any atom is 0.196 e. The van der Waals surface area contributed by atoms with Gasteiger partial charge in [-0.2, -0.15) is 0 Å². The van der Waals surface area contributed by atoms with E-state index < -0.39 is 0 Å². The lowest BCUT2D eigenvalue weighted by molar-refractivity contribution is 0.296. The minimum absolute atomic E-state index is 0.151. The van der Waals surface area contributed by atoms with Gasteiger partial charge in [-0.25, -0.2) is 0 Å². The SMILES string of the molecule is CC(C)(C)c1ccc(CSc2nnc(COc3cccc4ccccc34)n2-c2ccccc2)cc1. The first-order valence-electron chi connectivity index (χ1n) is 11.8. The average molecular weight is 480 g/mol. The third kappa shape index (κ3) is 5.25. The van der Waals surface area contributed by atoms with Crippen LogP contribution in [0.15, 0.2) is 102 Å². The number of hydrogen-bond acceptors (Lipinski definition) is 4. The van der Waals surface area contributed by atoms with Crippen LogP contribution in [0.5, 0.6) is 5.75 Å². The second-order valence-electron chi connectivity index (χ2n) is 9.57. The van der Waals surface area contributed by atoms with Crippen molar-refractivity contribution in [2.24, 2.45) is 0 Å². The fourth-order valence-electron chi connectivity index (χ4n) is 4.04. The largest absolute Gasteiger partial charge is 0.485 e. The molecule has 5 rings (SSSR count). The summed E-state index contributed by atoms with van der Waals surface area (Å²) < 4.78 is 8.35. The molecule has 35 heavy (non-hydrogen) atoms. The molecule has 0 aliphatic rings. The van der Waals surface area contributed by atoms with Crippen molar-refractivity contribution >= 4 is 22.5 Å². The molecular weight excluding hydrogens is 450 g/mol. The summed E-state index contributed by atoms with van der Waals surface area (Å²) in [5.41, 5.74) is 3.78. The van der Waals surface area contributed by atoms with Crippen LogP contribution >= 0.6 is 11.8 Å². The zero-order valence-electron chi connectivity index (χ0n) is 20.3. The summed E-state index contributed by atoms with van der Waals surface area (Å²) in [6, 6.07) is 33.5. The predicted molar refractivity (Wildman–Crippen MR) is 144 cm³/mol. The number of aromatic nitrogens is 3. The van der Waals surface area contributed by atoms with Crippen LogP contribution < -0.4 is 4.74 Å². The molecular formula is C30H29N3OS. The lowest BCUT2D eigenvalue weighted by Gasteiger charge is -2.19. The van der Waals surface area contributed by atoms with Crippen LogP contribution in [0.3, 0.4) is 0 Å². The van der Waals surface area contributed by atoms with E-state index in [1.165, 1.54) is 11.1 Å². The Hall–Kier alpha value is -3.57. The van der Waals surface area contributed by atoms with Crippen molar-refractivity contribution < 1.29 is 4.74 Å². The summed E-state index contributed by atoms with van der Waals surface area (Å²) in [6.45, 7) is 7.04. The fraction of sp³-hybridized carbons (Fsp3) is 0.200. The molecule has 0 spiro atoms. The molecule has 0 bridgehead atoms. The molecule has 5 heteroatoms. The first-order valence-corrected chi connectivity index (χ1v) is 12.8. The van der Waals surface area contributed by atoms with Crippen molar-refractivity contribution in [2.75, 3.05) is 0 Å². The molecule has 0 saturated carbocycles. The fourth-order valence-corrected chi connectivity index (χ4v) is 4.96. The third-order valence-electron chi connectivity index (χ3n) is 6.01. The van der Waals surface area contributed by atoms with Crippen LogP contribution in [0, 0.1) is 0 Å². The van der Waals surface area contributed by atoms with Crippen molar-refractivity contribution in [1.82, 2.24) is 14.8 Å². The van der Waals surface area contributed by atoms with E-state index in [4.69, 9.17) is 4.74 Å². The van der Waals surface area contributed by atoms with Gasteiger partial charge >= 0.3 is 0 Å². The van der Waals surface area contributed by atoms with Gasteiger partial charge in [0.15, 0.2) is 11.0 Å². The Morgan fingerprint density at radius 2 is 1.49 bits per heavy atom. The molecule has 0 fully saturated rings. The summed E-state index contributed by atoms with van der Waals surface area (Å²) in [7, 11) is 0. The lowest BCUT2D eigenvalue weighted by Crippen LogP contribution is -2.10. The summed E-state index contributed by atoms with van der Waals surface area (Å²) in [5, 5.41) is 12.2. The molecule has 0 aliphatic carbocycles. The van der Waals surface area contributed by atoms with Gasteiger partial charge in [0.2, 0.25) is 0 Å². The van der Waals surface area contributed by atoms with Crippen LogP contribution in [-0.2, 0) is 17.8 Å². The van der Waals surface area contributed by atoms with Gasteiger partial charge in [-0.1, -0.05) is 111 Å². The molecule has 0 amide bonds. The monoisotopic (exact) mass is 479 g/mol. The third-order valence-corrected chi connectivity index (χ3v) is 7.01. The van der Waals surface area contributed by atoms with E-state index in [9.17, 15) is 0 Å². The Balaban J connectivity index is 1.39. The number of fused-ring (bicyclic) bond motifs is 1. The normalized spacial score (nSPS) is 11.6. The van der Waals surface area contributed by atoms with Crippen molar-refractivity contribution in [3.8, 4) is 11.4 Å². The Kier molecular flexibility index (Phi) is 6.60. The summed E-state index contributed by atoms with van der Waals surface area (Å²) in [6.07, 6.45) is 0. The van der Waals surface area contributed by atoms with Crippen molar-refractivity contribution in [1.29, 1.82) is 0 Å². The molecule has 0 radical (unpaired) electrons. The van der Waals surface area contributed by atoms with Gasteiger partial charge < -0.3 is 4.74 Å². The van der Waals surface area contributed by atoms with E-state index in [1.807, 2.05) is 42.5 Å². The second kappa shape index (κ2) is 9.96. The summed E-state index contributed by atoms with van der Waals surface area (Å²) >= 11 is 1.69. The van der Waals surface area contributed by atoms with Gasteiger partial charge in [-0.05, 0) is 40.1 Å². The molecule has 176 valence electrons. The highest BCUT2D eigenvalue weighted by molar-refractivity contribution is 7.98. The van der Waals surface area contributed by atoms with Crippen LogP contribution in [0.2, 0.25) is 0 Å². The maximum atomic E-state index is 6.26. The molecule has 0 N–H and O–H groups in total. The Morgan fingerprint density at radius 1 is 0.771 bits per heavy atom.